The number of morpholine rings is 1. The Labute approximate surface area is 97.7 Å². The lowest BCUT2D eigenvalue weighted by molar-refractivity contribution is -0.0894. The number of aliphatic hydroxyl groups excluding tert-OH is 1. The highest BCUT2D eigenvalue weighted by Gasteiger charge is 2.38. The van der Waals surface area contributed by atoms with Crippen LogP contribution in [0.5, 0.6) is 0 Å². The standard InChI is InChI=1S/C12H24N2O2/c1-8-5-14(6-9(2)16-8)11(7-15)12(13)10-3-4-10/h8-12,15H,3-7,13H2,1-2H3/t8-,9+,11?,12?. The van der Waals surface area contributed by atoms with Gasteiger partial charge in [-0.1, -0.05) is 0 Å². The molecule has 0 aromatic rings. The van der Waals surface area contributed by atoms with Crippen LogP contribution in [0.1, 0.15) is 26.7 Å². The Morgan fingerprint density at radius 3 is 2.31 bits per heavy atom. The van der Waals surface area contributed by atoms with E-state index >= 15 is 0 Å². The van der Waals surface area contributed by atoms with E-state index in [4.69, 9.17) is 10.5 Å². The molecule has 3 N–H and O–H groups in total. The summed E-state index contributed by atoms with van der Waals surface area (Å²) in [6.07, 6.45) is 2.94. The summed E-state index contributed by atoms with van der Waals surface area (Å²) in [5.74, 6) is 0.630. The van der Waals surface area contributed by atoms with Crippen LogP contribution in [0.4, 0.5) is 0 Å². The van der Waals surface area contributed by atoms with Crippen LogP contribution in [0, 0.1) is 5.92 Å². The predicted molar refractivity (Wildman–Crippen MR) is 63.2 cm³/mol. The monoisotopic (exact) mass is 228 g/mol. The SMILES string of the molecule is C[C@@H]1CN(C(CO)C(N)C2CC2)C[C@H](C)O1. The van der Waals surface area contributed by atoms with Gasteiger partial charge in [0.05, 0.1) is 18.8 Å². The zero-order chi connectivity index (χ0) is 11.7. The first-order chi connectivity index (χ1) is 7.61. The van der Waals surface area contributed by atoms with Crippen LogP contribution in [0.3, 0.4) is 0 Å². The number of hydrogen-bond acceptors (Lipinski definition) is 4. The summed E-state index contributed by atoms with van der Waals surface area (Å²) in [5.41, 5.74) is 6.21. The van der Waals surface area contributed by atoms with Crippen molar-refractivity contribution in [3.63, 3.8) is 0 Å². The molecule has 0 bridgehead atoms. The van der Waals surface area contributed by atoms with Crippen molar-refractivity contribution in [3.8, 4) is 0 Å². The summed E-state index contributed by atoms with van der Waals surface area (Å²) < 4.78 is 5.70. The van der Waals surface area contributed by atoms with Gasteiger partial charge in [-0.15, -0.1) is 0 Å². The molecule has 94 valence electrons. The summed E-state index contributed by atoms with van der Waals surface area (Å²) >= 11 is 0. The molecule has 4 atom stereocenters. The fourth-order valence-corrected chi connectivity index (χ4v) is 2.76. The van der Waals surface area contributed by atoms with Crippen LogP contribution < -0.4 is 5.73 Å². The number of aliphatic hydroxyl groups is 1. The van der Waals surface area contributed by atoms with Gasteiger partial charge in [-0.2, -0.15) is 0 Å². The first kappa shape index (κ1) is 12.3. The molecule has 1 aliphatic carbocycles. The molecule has 4 nitrogen and oxygen atoms in total. The van der Waals surface area contributed by atoms with Gasteiger partial charge in [0.2, 0.25) is 0 Å². The molecule has 16 heavy (non-hydrogen) atoms. The van der Waals surface area contributed by atoms with E-state index in [1.54, 1.807) is 0 Å². The van der Waals surface area contributed by atoms with E-state index in [2.05, 4.69) is 18.7 Å². The predicted octanol–water partition coefficient (Wildman–Crippen LogP) is 0.194. The lowest BCUT2D eigenvalue weighted by Crippen LogP contribution is -2.57. The molecule has 0 spiro atoms. The smallest absolute Gasteiger partial charge is 0.0678 e. The first-order valence-corrected chi connectivity index (χ1v) is 6.37. The molecule has 1 saturated heterocycles. The number of hydrogen-bond donors (Lipinski definition) is 2. The Morgan fingerprint density at radius 2 is 1.88 bits per heavy atom. The molecule has 0 radical (unpaired) electrons. The highest BCUT2D eigenvalue weighted by Crippen LogP contribution is 2.34. The highest BCUT2D eigenvalue weighted by atomic mass is 16.5. The van der Waals surface area contributed by atoms with Crippen LogP contribution in [0.2, 0.25) is 0 Å². The normalized spacial score (nSPS) is 36.0. The largest absolute Gasteiger partial charge is 0.395 e. The third-order valence-corrected chi connectivity index (χ3v) is 3.71. The molecule has 2 unspecified atom stereocenters. The van der Waals surface area contributed by atoms with Crippen molar-refractivity contribution >= 4 is 0 Å². The van der Waals surface area contributed by atoms with Crippen LogP contribution in [-0.4, -0.2) is 54.0 Å². The van der Waals surface area contributed by atoms with E-state index < -0.39 is 0 Å². The topological polar surface area (TPSA) is 58.7 Å². The molecule has 0 amide bonds. The van der Waals surface area contributed by atoms with Crippen molar-refractivity contribution in [2.75, 3.05) is 19.7 Å². The van der Waals surface area contributed by atoms with E-state index in [9.17, 15) is 5.11 Å². The highest BCUT2D eigenvalue weighted by molar-refractivity contribution is 4.94. The van der Waals surface area contributed by atoms with Gasteiger partial charge in [0, 0.05) is 25.2 Å². The molecule has 1 heterocycles. The fraction of sp³-hybridized carbons (Fsp3) is 1.00. The van der Waals surface area contributed by atoms with Crippen molar-refractivity contribution in [2.24, 2.45) is 11.7 Å². The lowest BCUT2D eigenvalue weighted by Gasteiger charge is -2.41. The van der Waals surface area contributed by atoms with Crippen LogP contribution in [0.25, 0.3) is 0 Å². The fourth-order valence-electron chi connectivity index (χ4n) is 2.76. The van der Waals surface area contributed by atoms with Crippen LogP contribution in [-0.2, 0) is 4.74 Å². The summed E-state index contributed by atoms with van der Waals surface area (Å²) in [7, 11) is 0. The maximum atomic E-state index is 9.54. The van der Waals surface area contributed by atoms with Crippen molar-refractivity contribution in [3.05, 3.63) is 0 Å². The Balaban J connectivity index is 1.96. The second-order valence-corrected chi connectivity index (χ2v) is 5.38. The van der Waals surface area contributed by atoms with E-state index in [-0.39, 0.29) is 30.9 Å². The molecular formula is C12H24N2O2. The molecular weight excluding hydrogens is 204 g/mol. The van der Waals surface area contributed by atoms with Crippen molar-refractivity contribution < 1.29 is 9.84 Å². The Bertz CT molecular complexity index is 223. The number of nitrogens with two attached hydrogens (primary N) is 1. The number of rotatable bonds is 4. The van der Waals surface area contributed by atoms with Crippen molar-refractivity contribution in [1.82, 2.24) is 4.90 Å². The van der Waals surface area contributed by atoms with Crippen LogP contribution >= 0.6 is 0 Å². The molecule has 4 heteroatoms. The first-order valence-electron chi connectivity index (χ1n) is 6.37. The lowest BCUT2D eigenvalue weighted by atomic mass is 10.0. The Hall–Kier alpha value is -0.160. The summed E-state index contributed by atoms with van der Waals surface area (Å²) in [6.45, 7) is 6.10. The maximum Gasteiger partial charge on any atom is 0.0678 e. The van der Waals surface area contributed by atoms with E-state index in [0.29, 0.717) is 5.92 Å². The van der Waals surface area contributed by atoms with Crippen molar-refractivity contribution in [1.29, 1.82) is 0 Å². The van der Waals surface area contributed by atoms with Gasteiger partial charge in [0.1, 0.15) is 0 Å². The quantitative estimate of drug-likeness (QED) is 0.721. The van der Waals surface area contributed by atoms with Crippen molar-refractivity contribution in [2.45, 2.75) is 51.0 Å². The Morgan fingerprint density at radius 1 is 1.31 bits per heavy atom. The average molecular weight is 228 g/mol. The van der Waals surface area contributed by atoms with Gasteiger partial charge < -0.3 is 15.6 Å². The second-order valence-electron chi connectivity index (χ2n) is 5.38. The molecule has 2 aliphatic rings. The number of nitrogens with zero attached hydrogens (tertiary/aromatic N) is 1. The molecule has 1 aliphatic heterocycles. The maximum absolute atomic E-state index is 9.54. The summed E-state index contributed by atoms with van der Waals surface area (Å²) in [6, 6.07) is 0.240. The third kappa shape index (κ3) is 2.74. The van der Waals surface area contributed by atoms with E-state index in [1.807, 2.05) is 0 Å². The zero-order valence-corrected chi connectivity index (χ0v) is 10.3. The van der Waals surface area contributed by atoms with Gasteiger partial charge in [0.25, 0.3) is 0 Å². The van der Waals surface area contributed by atoms with E-state index in [1.165, 1.54) is 12.8 Å². The molecule has 1 saturated carbocycles. The summed E-state index contributed by atoms with van der Waals surface area (Å²) in [4.78, 5) is 2.31. The van der Waals surface area contributed by atoms with Gasteiger partial charge >= 0.3 is 0 Å². The van der Waals surface area contributed by atoms with Gasteiger partial charge in [-0.3, -0.25) is 4.90 Å². The van der Waals surface area contributed by atoms with Gasteiger partial charge in [-0.05, 0) is 32.6 Å². The van der Waals surface area contributed by atoms with Gasteiger partial charge in [-0.25, -0.2) is 0 Å². The molecule has 2 fully saturated rings. The van der Waals surface area contributed by atoms with Crippen LogP contribution in [0.15, 0.2) is 0 Å². The minimum Gasteiger partial charge on any atom is -0.395 e. The minimum absolute atomic E-state index is 0.112. The van der Waals surface area contributed by atoms with Gasteiger partial charge in [0.15, 0.2) is 0 Å². The minimum atomic E-state index is 0.112. The summed E-state index contributed by atoms with van der Waals surface area (Å²) in [5, 5.41) is 9.54. The third-order valence-electron chi connectivity index (χ3n) is 3.71. The molecule has 2 rings (SSSR count). The molecule has 0 aromatic carbocycles. The second kappa shape index (κ2) is 5.00. The Kier molecular flexibility index (Phi) is 3.85. The zero-order valence-electron chi connectivity index (χ0n) is 10.3. The molecule has 0 aromatic heterocycles. The number of ether oxygens (including phenoxy) is 1. The van der Waals surface area contributed by atoms with E-state index in [0.717, 1.165) is 13.1 Å². The average Bonchev–Trinajstić information content (AvgIpc) is 2.99.